The second kappa shape index (κ2) is 5.14. The van der Waals surface area contributed by atoms with Crippen molar-refractivity contribution in [2.75, 3.05) is 13.1 Å². The van der Waals surface area contributed by atoms with Crippen molar-refractivity contribution in [3.05, 3.63) is 23.7 Å². The smallest absolute Gasteiger partial charge is 0.257 e. The van der Waals surface area contributed by atoms with Crippen LogP contribution < -0.4 is 5.73 Å². The summed E-state index contributed by atoms with van der Waals surface area (Å²) >= 11 is 0. The molecule has 2 N–H and O–H groups in total. The van der Waals surface area contributed by atoms with Crippen LogP contribution in [0.15, 0.2) is 16.7 Å². The molecule has 0 spiro atoms. The van der Waals surface area contributed by atoms with Gasteiger partial charge < -0.3 is 15.1 Å². The summed E-state index contributed by atoms with van der Waals surface area (Å²) < 4.78 is 5.23. The molecule has 1 atom stereocenters. The van der Waals surface area contributed by atoms with E-state index >= 15 is 0 Å². The highest BCUT2D eigenvalue weighted by molar-refractivity contribution is 5.94. The standard InChI is InChI=1S/C14H22N2O2/c1-3-14(2)5-4-6-16(10-14)13(17)11-7-12(8-15)18-9-11/h7,9H,3-6,8,10,15H2,1-2H3. The van der Waals surface area contributed by atoms with Gasteiger partial charge in [0.1, 0.15) is 12.0 Å². The molecule has 1 saturated heterocycles. The molecule has 1 aliphatic heterocycles. The topological polar surface area (TPSA) is 59.5 Å². The molecule has 0 aromatic carbocycles. The summed E-state index contributed by atoms with van der Waals surface area (Å²) in [6.07, 6.45) is 4.91. The van der Waals surface area contributed by atoms with E-state index in [1.807, 2.05) is 4.90 Å². The maximum absolute atomic E-state index is 12.4. The summed E-state index contributed by atoms with van der Waals surface area (Å²) in [5.41, 5.74) is 6.37. The van der Waals surface area contributed by atoms with Crippen LogP contribution >= 0.6 is 0 Å². The van der Waals surface area contributed by atoms with Crippen LogP contribution in [0.4, 0.5) is 0 Å². The first kappa shape index (κ1) is 13.1. The Morgan fingerprint density at radius 3 is 3.00 bits per heavy atom. The van der Waals surface area contributed by atoms with Crippen molar-refractivity contribution in [2.24, 2.45) is 11.1 Å². The lowest BCUT2D eigenvalue weighted by Crippen LogP contribution is -2.44. The Balaban J connectivity index is 2.09. The number of hydrogen-bond donors (Lipinski definition) is 1. The summed E-state index contributed by atoms with van der Waals surface area (Å²) in [5, 5.41) is 0. The van der Waals surface area contributed by atoms with E-state index in [4.69, 9.17) is 10.2 Å². The van der Waals surface area contributed by atoms with Crippen molar-refractivity contribution in [1.29, 1.82) is 0 Å². The maximum atomic E-state index is 12.4. The molecule has 100 valence electrons. The molecule has 1 amide bonds. The highest BCUT2D eigenvalue weighted by Gasteiger charge is 2.32. The number of amides is 1. The quantitative estimate of drug-likeness (QED) is 0.896. The Morgan fingerprint density at radius 2 is 2.39 bits per heavy atom. The van der Waals surface area contributed by atoms with Crippen LogP contribution in [-0.2, 0) is 6.54 Å². The third-order valence-corrected chi connectivity index (χ3v) is 4.02. The Morgan fingerprint density at radius 1 is 1.61 bits per heavy atom. The lowest BCUT2D eigenvalue weighted by atomic mass is 9.79. The van der Waals surface area contributed by atoms with Gasteiger partial charge in [-0.1, -0.05) is 13.8 Å². The van der Waals surface area contributed by atoms with Crippen molar-refractivity contribution in [2.45, 2.75) is 39.7 Å². The van der Waals surface area contributed by atoms with Gasteiger partial charge in [0, 0.05) is 13.1 Å². The number of piperidine rings is 1. The number of carbonyl (C=O) groups excluding carboxylic acids is 1. The lowest BCUT2D eigenvalue weighted by Gasteiger charge is -2.39. The summed E-state index contributed by atoms with van der Waals surface area (Å²) in [6, 6.07) is 1.75. The number of carbonyl (C=O) groups is 1. The van der Waals surface area contributed by atoms with Crippen LogP contribution in [0.2, 0.25) is 0 Å². The van der Waals surface area contributed by atoms with Crippen molar-refractivity contribution in [3.8, 4) is 0 Å². The van der Waals surface area contributed by atoms with E-state index in [0.717, 1.165) is 25.9 Å². The molecule has 18 heavy (non-hydrogen) atoms. The number of furan rings is 1. The number of nitrogens with zero attached hydrogens (tertiary/aromatic N) is 1. The predicted molar refractivity (Wildman–Crippen MR) is 70.1 cm³/mol. The second-order valence-electron chi connectivity index (χ2n) is 5.50. The van der Waals surface area contributed by atoms with E-state index in [1.54, 1.807) is 6.07 Å². The number of hydrogen-bond acceptors (Lipinski definition) is 3. The Bertz CT molecular complexity index is 427. The van der Waals surface area contributed by atoms with E-state index in [0.29, 0.717) is 17.9 Å². The SMILES string of the molecule is CCC1(C)CCCN(C(=O)c2coc(CN)c2)C1. The molecule has 0 radical (unpaired) electrons. The molecule has 4 heteroatoms. The summed E-state index contributed by atoms with van der Waals surface area (Å²) in [4.78, 5) is 14.3. The largest absolute Gasteiger partial charge is 0.467 e. The molecule has 1 fully saturated rings. The van der Waals surface area contributed by atoms with Gasteiger partial charge in [0.15, 0.2) is 0 Å². The molecule has 4 nitrogen and oxygen atoms in total. The van der Waals surface area contributed by atoms with Gasteiger partial charge in [-0.05, 0) is 30.7 Å². The van der Waals surface area contributed by atoms with Crippen LogP contribution in [0.3, 0.4) is 0 Å². The van der Waals surface area contributed by atoms with Crippen molar-refractivity contribution >= 4 is 5.91 Å². The molecular weight excluding hydrogens is 228 g/mol. The minimum Gasteiger partial charge on any atom is -0.467 e. The Hall–Kier alpha value is -1.29. The monoisotopic (exact) mass is 250 g/mol. The van der Waals surface area contributed by atoms with Gasteiger partial charge in [-0.3, -0.25) is 4.79 Å². The van der Waals surface area contributed by atoms with E-state index in [1.165, 1.54) is 12.7 Å². The fourth-order valence-electron chi connectivity index (χ4n) is 2.56. The molecule has 1 aromatic rings. The fraction of sp³-hybridized carbons (Fsp3) is 0.643. The summed E-state index contributed by atoms with van der Waals surface area (Å²) in [5.74, 6) is 0.728. The molecule has 2 heterocycles. The van der Waals surface area contributed by atoms with Gasteiger partial charge in [0.05, 0.1) is 12.1 Å². The van der Waals surface area contributed by atoms with Gasteiger partial charge in [-0.25, -0.2) is 0 Å². The van der Waals surface area contributed by atoms with Gasteiger partial charge in [-0.2, -0.15) is 0 Å². The summed E-state index contributed by atoms with van der Waals surface area (Å²) in [7, 11) is 0. The van der Waals surface area contributed by atoms with E-state index in [-0.39, 0.29) is 11.3 Å². The zero-order valence-corrected chi connectivity index (χ0v) is 11.2. The van der Waals surface area contributed by atoms with Crippen LogP contribution in [0.1, 0.15) is 49.2 Å². The van der Waals surface area contributed by atoms with Gasteiger partial charge in [-0.15, -0.1) is 0 Å². The third kappa shape index (κ3) is 2.58. The van der Waals surface area contributed by atoms with Gasteiger partial charge in [0.25, 0.3) is 5.91 Å². The molecule has 1 aliphatic rings. The lowest BCUT2D eigenvalue weighted by molar-refractivity contribution is 0.0542. The normalized spacial score (nSPS) is 24.3. The maximum Gasteiger partial charge on any atom is 0.257 e. The van der Waals surface area contributed by atoms with Crippen molar-refractivity contribution < 1.29 is 9.21 Å². The average Bonchev–Trinajstić information content (AvgIpc) is 2.86. The van der Waals surface area contributed by atoms with Crippen LogP contribution in [-0.4, -0.2) is 23.9 Å². The molecule has 2 rings (SSSR count). The minimum atomic E-state index is 0.0674. The number of likely N-dealkylation sites (tertiary alicyclic amines) is 1. The van der Waals surface area contributed by atoms with Crippen LogP contribution in [0.25, 0.3) is 0 Å². The van der Waals surface area contributed by atoms with Crippen molar-refractivity contribution in [3.63, 3.8) is 0 Å². The van der Waals surface area contributed by atoms with E-state index in [2.05, 4.69) is 13.8 Å². The zero-order valence-electron chi connectivity index (χ0n) is 11.2. The first-order valence-corrected chi connectivity index (χ1v) is 6.65. The average molecular weight is 250 g/mol. The Kier molecular flexibility index (Phi) is 3.76. The van der Waals surface area contributed by atoms with E-state index < -0.39 is 0 Å². The Labute approximate surface area is 108 Å². The van der Waals surface area contributed by atoms with Crippen molar-refractivity contribution in [1.82, 2.24) is 4.90 Å². The second-order valence-corrected chi connectivity index (χ2v) is 5.50. The molecular formula is C14H22N2O2. The van der Waals surface area contributed by atoms with E-state index in [9.17, 15) is 4.79 Å². The number of nitrogens with two attached hydrogens (primary N) is 1. The van der Waals surface area contributed by atoms with Crippen LogP contribution in [0, 0.1) is 5.41 Å². The van der Waals surface area contributed by atoms with Gasteiger partial charge in [0.2, 0.25) is 0 Å². The highest BCUT2D eigenvalue weighted by Crippen LogP contribution is 2.33. The first-order chi connectivity index (χ1) is 8.58. The first-order valence-electron chi connectivity index (χ1n) is 6.65. The third-order valence-electron chi connectivity index (χ3n) is 4.02. The fourth-order valence-corrected chi connectivity index (χ4v) is 2.56. The summed E-state index contributed by atoms with van der Waals surface area (Å²) in [6.45, 7) is 6.47. The molecule has 0 aliphatic carbocycles. The zero-order chi connectivity index (χ0) is 13.2. The predicted octanol–water partition coefficient (Wildman–Crippen LogP) is 2.39. The molecule has 0 saturated carbocycles. The molecule has 1 aromatic heterocycles. The highest BCUT2D eigenvalue weighted by atomic mass is 16.3. The molecule has 0 bridgehead atoms. The molecule has 1 unspecified atom stereocenters. The van der Waals surface area contributed by atoms with Crippen LogP contribution in [0.5, 0.6) is 0 Å². The van der Waals surface area contributed by atoms with Gasteiger partial charge >= 0.3 is 0 Å². The number of rotatable bonds is 3. The minimum absolute atomic E-state index is 0.0674.